The van der Waals surface area contributed by atoms with Gasteiger partial charge in [0.1, 0.15) is 17.6 Å². The topological polar surface area (TPSA) is 87.4 Å². The molecule has 0 amide bonds. The quantitative estimate of drug-likeness (QED) is 0.828. The van der Waals surface area contributed by atoms with Gasteiger partial charge in [0.15, 0.2) is 4.34 Å². The van der Waals surface area contributed by atoms with Crippen LogP contribution in [-0.2, 0) is 12.8 Å². The molecule has 0 radical (unpaired) electrons. The van der Waals surface area contributed by atoms with Crippen LogP contribution in [-0.4, -0.2) is 33.1 Å². The van der Waals surface area contributed by atoms with E-state index in [1.165, 1.54) is 0 Å². The van der Waals surface area contributed by atoms with Crippen molar-refractivity contribution in [3.05, 3.63) is 16.8 Å². The normalized spacial score (nSPS) is 11.3. The summed E-state index contributed by atoms with van der Waals surface area (Å²) in [5, 5.41) is 27.6. The Labute approximate surface area is 144 Å². The summed E-state index contributed by atoms with van der Waals surface area (Å²) in [6.45, 7) is 2.68. The van der Waals surface area contributed by atoms with Gasteiger partial charge < -0.3 is 5.32 Å². The van der Waals surface area contributed by atoms with E-state index < -0.39 is 12.7 Å². The van der Waals surface area contributed by atoms with Crippen molar-refractivity contribution in [1.29, 1.82) is 5.26 Å². The van der Waals surface area contributed by atoms with E-state index in [-0.39, 0.29) is 5.13 Å². The summed E-state index contributed by atoms with van der Waals surface area (Å²) >= 11 is 2.03. The van der Waals surface area contributed by atoms with Crippen molar-refractivity contribution >= 4 is 28.2 Å². The van der Waals surface area contributed by atoms with Gasteiger partial charge in [0.2, 0.25) is 5.13 Å². The van der Waals surface area contributed by atoms with E-state index in [1.807, 2.05) is 13.8 Å². The van der Waals surface area contributed by atoms with Crippen LogP contribution in [0.4, 0.5) is 18.3 Å². The SMILES string of the molecule is CCc1nnc(Sc2nnc(NCC(F)(F)F)s2)c(C#N)c1CC. The van der Waals surface area contributed by atoms with E-state index in [0.717, 1.165) is 34.4 Å². The number of anilines is 1. The van der Waals surface area contributed by atoms with Gasteiger partial charge in [-0.1, -0.05) is 25.2 Å². The Morgan fingerprint density at radius 2 is 1.92 bits per heavy atom. The minimum Gasteiger partial charge on any atom is -0.351 e. The zero-order valence-corrected chi connectivity index (χ0v) is 14.4. The van der Waals surface area contributed by atoms with Gasteiger partial charge in [-0.25, -0.2) is 0 Å². The predicted molar refractivity (Wildman–Crippen MR) is 84.1 cm³/mol. The second kappa shape index (κ2) is 7.76. The molecular weight excluding hydrogens is 361 g/mol. The van der Waals surface area contributed by atoms with Crippen molar-refractivity contribution in [2.24, 2.45) is 0 Å². The van der Waals surface area contributed by atoms with Crippen LogP contribution in [0.3, 0.4) is 0 Å². The fourth-order valence-electron chi connectivity index (χ4n) is 1.92. The molecule has 0 aromatic carbocycles. The molecule has 0 aliphatic carbocycles. The fourth-order valence-corrected chi connectivity index (χ4v) is 3.64. The first-order chi connectivity index (χ1) is 11.4. The molecule has 0 saturated carbocycles. The zero-order valence-electron chi connectivity index (χ0n) is 12.8. The van der Waals surface area contributed by atoms with Crippen molar-refractivity contribution in [3.8, 4) is 6.07 Å². The van der Waals surface area contributed by atoms with Gasteiger partial charge in [0.25, 0.3) is 0 Å². The molecular formula is C13H13F3N6S2. The van der Waals surface area contributed by atoms with Crippen LogP contribution in [0, 0.1) is 11.3 Å². The van der Waals surface area contributed by atoms with E-state index in [2.05, 4.69) is 31.8 Å². The van der Waals surface area contributed by atoms with E-state index in [1.54, 1.807) is 0 Å². The Hall–Kier alpha value is -1.93. The van der Waals surface area contributed by atoms with E-state index in [4.69, 9.17) is 0 Å². The second-order valence-electron chi connectivity index (χ2n) is 4.57. The third kappa shape index (κ3) is 4.55. The number of nitriles is 1. The number of halogens is 3. The molecule has 0 saturated heterocycles. The molecule has 0 aliphatic heterocycles. The molecule has 2 aromatic rings. The molecule has 128 valence electrons. The van der Waals surface area contributed by atoms with Gasteiger partial charge in [0.05, 0.1) is 11.3 Å². The first-order valence-corrected chi connectivity index (χ1v) is 8.61. The minimum absolute atomic E-state index is 0.0576. The summed E-state index contributed by atoms with van der Waals surface area (Å²) in [5.41, 5.74) is 2.02. The lowest BCUT2D eigenvalue weighted by molar-refractivity contribution is -0.115. The molecule has 0 unspecified atom stereocenters. The summed E-state index contributed by atoms with van der Waals surface area (Å²) in [7, 11) is 0. The largest absolute Gasteiger partial charge is 0.405 e. The van der Waals surface area contributed by atoms with Crippen LogP contribution in [0.25, 0.3) is 0 Å². The summed E-state index contributed by atoms with van der Waals surface area (Å²) in [4.78, 5) is 0. The van der Waals surface area contributed by atoms with Crippen LogP contribution >= 0.6 is 23.1 Å². The highest BCUT2D eigenvalue weighted by atomic mass is 32.2. The molecule has 0 spiro atoms. The molecule has 0 atom stereocenters. The van der Waals surface area contributed by atoms with E-state index in [0.29, 0.717) is 27.8 Å². The Balaban J connectivity index is 2.20. The van der Waals surface area contributed by atoms with Crippen molar-refractivity contribution in [3.63, 3.8) is 0 Å². The van der Waals surface area contributed by atoms with Gasteiger partial charge in [-0.2, -0.15) is 23.5 Å². The van der Waals surface area contributed by atoms with Crippen LogP contribution in [0.15, 0.2) is 9.37 Å². The number of hydrogen-bond donors (Lipinski definition) is 1. The molecule has 0 aliphatic rings. The molecule has 11 heteroatoms. The number of aryl methyl sites for hydroxylation is 1. The average molecular weight is 374 g/mol. The van der Waals surface area contributed by atoms with Crippen molar-refractivity contribution < 1.29 is 13.2 Å². The van der Waals surface area contributed by atoms with Gasteiger partial charge in [-0.3, -0.25) is 0 Å². The molecule has 2 heterocycles. The van der Waals surface area contributed by atoms with Gasteiger partial charge in [-0.05, 0) is 30.2 Å². The van der Waals surface area contributed by atoms with Gasteiger partial charge >= 0.3 is 6.18 Å². The molecule has 1 N–H and O–H groups in total. The number of rotatable bonds is 6. The average Bonchev–Trinajstić information content (AvgIpc) is 2.99. The first kappa shape index (κ1) is 18.4. The maximum atomic E-state index is 12.2. The molecule has 0 bridgehead atoms. The predicted octanol–water partition coefficient (Wildman–Crippen LogP) is 3.45. The van der Waals surface area contributed by atoms with Crippen molar-refractivity contribution in [2.75, 3.05) is 11.9 Å². The summed E-state index contributed by atoms with van der Waals surface area (Å²) in [6, 6.07) is 2.13. The minimum atomic E-state index is -4.33. The third-order valence-corrected chi connectivity index (χ3v) is 4.87. The van der Waals surface area contributed by atoms with E-state index >= 15 is 0 Å². The number of alkyl halides is 3. The van der Waals surface area contributed by atoms with Crippen LogP contribution in [0.5, 0.6) is 0 Å². The van der Waals surface area contributed by atoms with Gasteiger partial charge in [0, 0.05) is 0 Å². The van der Waals surface area contributed by atoms with Crippen LogP contribution < -0.4 is 5.32 Å². The maximum Gasteiger partial charge on any atom is 0.405 e. The van der Waals surface area contributed by atoms with Crippen LogP contribution in [0.2, 0.25) is 0 Å². The maximum absolute atomic E-state index is 12.2. The summed E-state index contributed by atoms with van der Waals surface area (Å²) in [5.74, 6) is 0. The lowest BCUT2D eigenvalue weighted by Gasteiger charge is -2.08. The molecule has 0 fully saturated rings. The fraction of sp³-hybridized carbons (Fsp3) is 0.462. The highest BCUT2D eigenvalue weighted by molar-refractivity contribution is 8.01. The summed E-state index contributed by atoms with van der Waals surface area (Å²) < 4.78 is 36.9. The van der Waals surface area contributed by atoms with Crippen molar-refractivity contribution in [1.82, 2.24) is 20.4 Å². The Morgan fingerprint density at radius 3 is 2.50 bits per heavy atom. The Bertz CT molecular complexity index is 753. The first-order valence-electron chi connectivity index (χ1n) is 6.98. The zero-order chi connectivity index (χ0) is 17.7. The Morgan fingerprint density at radius 1 is 1.17 bits per heavy atom. The number of nitrogens with zero attached hydrogens (tertiary/aromatic N) is 5. The number of nitrogens with one attached hydrogen (secondary N) is 1. The lowest BCUT2D eigenvalue weighted by Crippen LogP contribution is -2.21. The second-order valence-corrected chi connectivity index (χ2v) is 6.78. The number of aromatic nitrogens is 4. The standard InChI is InChI=1S/C13H13F3N6S2/c1-3-7-8(5-17)10(20-19-9(7)4-2)23-12-22-21-11(24-12)18-6-13(14,15)16/h3-4,6H2,1-2H3,(H,18,21). The Kier molecular flexibility index (Phi) is 5.95. The lowest BCUT2D eigenvalue weighted by atomic mass is 10.1. The van der Waals surface area contributed by atoms with E-state index in [9.17, 15) is 18.4 Å². The monoisotopic (exact) mass is 374 g/mol. The third-order valence-electron chi connectivity index (χ3n) is 2.96. The molecule has 2 aromatic heterocycles. The van der Waals surface area contributed by atoms with Crippen molar-refractivity contribution in [2.45, 2.75) is 42.2 Å². The molecule has 6 nitrogen and oxygen atoms in total. The summed E-state index contributed by atoms with van der Waals surface area (Å²) in [6.07, 6.45) is -3.02. The highest BCUT2D eigenvalue weighted by Gasteiger charge is 2.27. The number of hydrogen-bond acceptors (Lipinski definition) is 8. The van der Waals surface area contributed by atoms with Gasteiger partial charge in [-0.15, -0.1) is 15.3 Å². The van der Waals surface area contributed by atoms with Crippen LogP contribution in [0.1, 0.15) is 30.7 Å². The molecule has 24 heavy (non-hydrogen) atoms. The molecule has 2 rings (SSSR count). The highest BCUT2D eigenvalue weighted by Crippen LogP contribution is 2.34. The smallest absolute Gasteiger partial charge is 0.351 e.